The van der Waals surface area contributed by atoms with Crippen LogP contribution in [-0.2, 0) is 14.2 Å². The van der Waals surface area contributed by atoms with Gasteiger partial charge in [-0.25, -0.2) is 0 Å². The average molecular weight is 236 g/mol. The first kappa shape index (κ1) is 13.3. The summed E-state index contributed by atoms with van der Waals surface area (Å²) < 4.78 is 16.2. The Morgan fingerprint density at radius 2 is 2.00 bits per heavy atom. The van der Waals surface area contributed by atoms with Crippen molar-refractivity contribution in [3.63, 3.8) is 0 Å². The molecule has 1 N–H and O–H groups in total. The van der Waals surface area contributed by atoms with Crippen LogP contribution in [0.25, 0.3) is 0 Å². The summed E-state index contributed by atoms with van der Waals surface area (Å²) in [6, 6.07) is 0. The maximum Gasteiger partial charge on any atom is 0.215 e. The highest BCUT2D eigenvalue weighted by molar-refractivity contribution is 8.01. The molecule has 0 bridgehead atoms. The van der Waals surface area contributed by atoms with E-state index >= 15 is 0 Å². The zero-order chi connectivity index (χ0) is 11.3. The van der Waals surface area contributed by atoms with Crippen molar-refractivity contribution in [1.29, 1.82) is 0 Å². The molecular weight excluding hydrogens is 216 g/mol. The zero-order valence-corrected chi connectivity index (χ0v) is 10.4. The number of aliphatic hydroxyl groups excluding tert-OH is 1. The van der Waals surface area contributed by atoms with Crippen molar-refractivity contribution in [3.8, 4) is 0 Å². The van der Waals surface area contributed by atoms with E-state index in [9.17, 15) is 5.11 Å². The number of hydrogen-bond donors (Lipinski definition) is 1. The Balaban J connectivity index is 2.49. The van der Waals surface area contributed by atoms with Gasteiger partial charge in [0.05, 0.1) is 11.9 Å². The van der Waals surface area contributed by atoms with Crippen molar-refractivity contribution in [2.45, 2.75) is 43.9 Å². The van der Waals surface area contributed by atoms with Gasteiger partial charge in [0.2, 0.25) is 5.12 Å². The number of ether oxygens (including phenoxy) is 3. The Morgan fingerprint density at radius 3 is 2.40 bits per heavy atom. The third kappa shape index (κ3) is 3.92. The molecule has 0 aromatic heterocycles. The summed E-state index contributed by atoms with van der Waals surface area (Å²) in [5.41, 5.74) is 0. The summed E-state index contributed by atoms with van der Waals surface area (Å²) in [5.74, 6) is 0. The maximum absolute atomic E-state index is 9.53. The second kappa shape index (κ2) is 6.06. The van der Waals surface area contributed by atoms with Gasteiger partial charge in [0.25, 0.3) is 0 Å². The molecule has 1 heterocycles. The van der Waals surface area contributed by atoms with E-state index in [1.54, 1.807) is 0 Å². The van der Waals surface area contributed by atoms with Crippen molar-refractivity contribution < 1.29 is 19.3 Å². The van der Waals surface area contributed by atoms with Gasteiger partial charge in [-0.2, -0.15) is 0 Å². The molecule has 1 rings (SSSR count). The highest BCUT2D eigenvalue weighted by Gasteiger charge is 2.36. The lowest BCUT2D eigenvalue weighted by molar-refractivity contribution is -0.154. The van der Waals surface area contributed by atoms with Gasteiger partial charge in [-0.3, -0.25) is 0 Å². The van der Waals surface area contributed by atoms with E-state index in [-0.39, 0.29) is 5.25 Å². The van der Waals surface area contributed by atoms with E-state index in [0.29, 0.717) is 19.8 Å². The van der Waals surface area contributed by atoms with Crippen LogP contribution in [0.2, 0.25) is 0 Å². The van der Waals surface area contributed by atoms with E-state index in [1.165, 1.54) is 11.8 Å². The van der Waals surface area contributed by atoms with Gasteiger partial charge in [-0.15, -0.1) is 0 Å². The fourth-order valence-corrected chi connectivity index (χ4v) is 2.91. The highest BCUT2D eigenvalue weighted by atomic mass is 32.2. The number of thioether (sulfide) groups is 1. The molecule has 0 aliphatic carbocycles. The maximum atomic E-state index is 9.53. The Labute approximate surface area is 95.3 Å². The van der Waals surface area contributed by atoms with Crippen LogP contribution >= 0.6 is 11.8 Å². The number of rotatable bonds is 6. The van der Waals surface area contributed by atoms with Crippen LogP contribution < -0.4 is 0 Å². The van der Waals surface area contributed by atoms with Crippen molar-refractivity contribution in [3.05, 3.63) is 0 Å². The van der Waals surface area contributed by atoms with Gasteiger partial charge in [0.1, 0.15) is 0 Å². The molecule has 0 spiro atoms. The van der Waals surface area contributed by atoms with Crippen molar-refractivity contribution in [2.75, 3.05) is 19.8 Å². The van der Waals surface area contributed by atoms with Crippen LogP contribution in [0.15, 0.2) is 0 Å². The quantitative estimate of drug-likeness (QED) is 0.709. The molecule has 0 saturated carbocycles. The third-order valence-corrected chi connectivity index (χ3v) is 3.62. The molecule has 0 aromatic rings. The van der Waals surface area contributed by atoms with Crippen LogP contribution in [0.5, 0.6) is 0 Å². The Bertz CT molecular complexity index is 182. The third-order valence-electron chi connectivity index (χ3n) is 2.19. The Hall–Kier alpha value is 0.190. The van der Waals surface area contributed by atoms with Crippen molar-refractivity contribution >= 4 is 11.8 Å². The van der Waals surface area contributed by atoms with Crippen molar-refractivity contribution in [2.24, 2.45) is 0 Å². The summed E-state index contributed by atoms with van der Waals surface area (Å²) in [4.78, 5) is 0. The van der Waals surface area contributed by atoms with Gasteiger partial charge in [0.15, 0.2) is 6.29 Å². The van der Waals surface area contributed by atoms with Crippen LogP contribution in [0.1, 0.15) is 27.2 Å². The van der Waals surface area contributed by atoms with Crippen LogP contribution in [0.4, 0.5) is 0 Å². The minimum atomic E-state index is -0.699. The average Bonchev–Trinajstić information content (AvgIpc) is 2.52. The zero-order valence-electron chi connectivity index (χ0n) is 9.56. The number of aliphatic hydroxyl groups is 1. The highest BCUT2D eigenvalue weighted by Crippen LogP contribution is 2.37. The summed E-state index contributed by atoms with van der Waals surface area (Å²) in [6.07, 6.45) is 0.136. The van der Waals surface area contributed by atoms with Gasteiger partial charge in [-0.05, 0) is 20.3 Å². The predicted octanol–water partition coefficient (Wildman–Crippen LogP) is 1.57. The van der Waals surface area contributed by atoms with Gasteiger partial charge in [-0.1, -0.05) is 11.8 Å². The normalized spacial score (nSPS) is 27.2. The SMILES string of the molecule is CCOC(C)(OCC)SC1CCOC1O. The lowest BCUT2D eigenvalue weighted by Crippen LogP contribution is -2.33. The fraction of sp³-hybridized carbons (Fsp3) is 1.00. The van der Waals surface area contributed by atoms with Gasteiger partial charge in [0, 0.05) is 20.1 Å². The molecule has 1 saturated heterocycles. The second-order valence-corrected chi connectivity index (χ2v) is 5.02. The van der Waals surface area contributed by atoms with E-state index in [0.717, 1.165) is 6.42 Å². The second-order valence-electron chi connectivity index (χ2n) is 3.43. The Morgan fingerprint density at radius 1 is 1.40 bits per heavy atom. The molecule has 0 amide bonds. The summed E-state index contributed by atoms with van der Waals surface area (Å²) >= 11 is 1.49. The molecule has 1 aliphatic rings. The predicted molar refractivity (Wildman–Crippen MR) is 59.6 cm³/mol. The molecule has 4 nitrogen and oxygen atoms in total. The first-order chi connectivity index (χ1) is 7.11. The Kier molecular flexibility index (Phi) is 5.35. The molecule has 1 aliphatic heterocycles. The molecule has 1 fully saturated rings. The fourth-order valence-electron chi connectivity index (χ4n) is 1.58. The standard InChI is InChI=1S/C10H20O4S/c1-4-13-10(3,14-5-2)15-8-6-7-12-9(8)11/h8-9,11H,4-7H2,1-3H3. The minimum Gasteiger partial charge on any atom is -0.367 e. The molecule has 2 atom stereocenters. The first-order valence-electron chi connectivity index (χ1n) is 5.36. The van der Waals surface area contributed by atoms with E-state index in [2.05, 4.69) is 0 Å². The number of hydrogen-bond acceptors (Lipinski definition) is 5. The smallest absolute Gasteiger partial charge is 0.215 e. The van der Waals surface area contributed by atoms with E-state index in [1.807, 2.05) is 20.8 Å². The topological polar surface area (TPSA) is 47.9 Å². The molecular formula is C10H20O4S. The summed E-state index contributed by atoms with van der Waals surface area (Å²) in [5, 5.41) is 8.89. The monoisotopic (exact) mass is 236 g/mol. The molecule has 90 valence electrons. The van der Waals surface area contributed by atoms with Crippen LogP contribution in [0.3, 0.4) is 0 Å². The van der Waals surface area contributed by atoms with Crippen molar-refractivity contribution in [1.82, 2.24) is 0 Å². The van der Waals surface area contributed by atoms with Crippen LogP contribution in [-0.4, -0.2) is 41.6 Å². The largest absolute Gasteiger partial charge is 0.367 e. The summed E-state index contributed by atoms with van der Waals surface area (Å²) in [6.45, 7) is 7.53. The molecule has 5 heteroatoms. The minimum absolute atomic E-state index is 0.0353. The lowest BCUT2D eigenvalue weighted by atomic mass is 10.3. The van der Waals surface area contributed by atoms with Gasteiger partial charge >= 0.3 is 0 Å². The van der Waals surface area contributed by atoms with E-state index in [4.69, 9.17) is 14.2 Å². The van der Waals surface area contributed by atoms with Gasteiger partial charge < -0.3 is 19.3 Å². The lowest BCUT2D eigenvalue weighted by Gasteiger charge is -2.31. The molecule has 0 radical (unpaired) electrons. The molecule has 2 unspecified atom stereocenters. The van der Waals surface area contributed by atoms with Crippen LogP contribution in [0, 0.1) is 0 Å². The molecule has 0 aromatic carbocycles. The summed E-state index contributed by atoms with van der Waals surface area (Å²) in [7, 11) is 0. The first-order valence-corrected chi connectivity index (χ1v) is 6.24. The van der Waals surface area contributed by atoms with E-state index < -0.39 is 11.4 Å². The molecule has 15 heavy (non-hydrogen) atoms.